The van der Waals surface area contributed by atoms with Gasteiger partial charge in [-0.2, -0.15) is 0 Å². The SMILES string of the molecule is CCc1ccc(C(C)NC(=O)Nc2ccc(Br)cc2)cc1. The van der Waals surface area contributed by atoms with Crippen LogP contribution >= 0.6 is 15.9 Å². The maximum Gasteiger partial charge on any atom is 0.319 e. The molecule has 0 heterocycles. The second-order valence-corrected chi connectivity index (χ2v) is 5.84. The summed E-state index contributed by atoms with van der Waals surface area (Å²) in [6, 6.07) is 15.6. The fourth-order valence-electron chi connectivity index (χ4n) is 2.02. The summed E-state index contributed by atoms with van der Waals surface area (Å²) >= 11 is 3.37. The lowest BCUT2D eigenvalue weighted by Gasteiger charge is -2.15. The van der Waals surface area contributed by atoms with Gasteiger partial charge in [-0.25, -0.2) is 4.79 Å². The molecule has 0 spiro atoms. The normalized spacial score (nSPS) is 11.8. The van der Waals surface area contributed by atoms with Crippen molar-refractivity contribution in [1.82, 2.24) is 5.32 Å². The van der Waals surface area contributed by atoms with Crippen molar-refractivity contribution in [3.8, 4) is 0 Å². The van der Waals surface area contributed by atoms with Gasteiger partial charge in [0, 0.05) is 10.2 Å². The molecule has 0 aliphatic heterocycles. The average molecular weight is 347 g/mol. The van der Waals surface area contributed by atoms with E-state index in [9.17, 15) is 4.79 Å². The van der Waals surface area contributed by atoms with Crippen LogP contribution in [0.25, 0.3) is 0 Å². The number of aryl methyl sites for hydroxylation is 1. The van der Waals surface area contributed by atoms with Crippen LogP contribution in [0, 0.1) is 0 Å². The van der Waals surface area contributed by atoms with E-state index in [1.54, 1.807) is 0 Å². The molecule has 1 atom stereocenters. The van der Waals surface area contributed by atoms with Crippen LogP contribution in [0.15, 0.2) is 53.0 Å². The van der Waals surface area contributed by atoms with E-state index in [1.165, 1.54) is 5.56 Å². The minimum Gasteiger partial charge on any atom is -0.331 e. The molecule has 0 aromatic heterocycles. The number of rotatable bonds is 4. The first-order valence-electron chi connectivity index (χ1n) is 7.00. The number of carbonyl (C=O) groups excluding carboxylic acids is 1. The van der Waals surface area contributed by atoms with Crippen LogP contribution in [0.4, 0.5) is 10.5 Å². The highest BCUT2D eigenvalue weighted by molar-refractivity contribution is 9.10. The summed E-state index contributed by atoms with van der Waals surface area (Å²) in [5.74, 6) is 0. The zero-order valence-electron chi connectivity index (χ0n) is 12.2. The van der Waals surface area contributed by atoms with E-state index in [2.05, 4.69) is 57.8 Å². The lowest BCUT2D eigenvalue weighted by atomic mass is 10.1. The first-order valence-corrected chi connectivity index (χ1v) is 7.79. The van der Waals surface area contributed by atoms with Crippen molar-refractivity contribution in [3.05, 3.63) is 64.1 Å². The second kappa shape index (κ2) is 7.27. The number of halogens is 1. The first-order chi connectivity index (χ1) is 10.1. The highest BCUT2D eigenvalue weighted by Gasteiger charge is 2.09. The fourth-order valence-corrected chi connectivity index (χ4v) is 2.29. The van der Waals surface area contributed by atoms with Crippen LogP contribution in [0.2, 0.25) is 0 Å². The molecule has 0 fully saturated rings. The fraction of sp³-hybridized carbons (Fsp3) is 0.235. The van der Waals surface area contributed by atoms with Crippen molar-refractivity contribution in [1.29, 1.82) is 0 Å². The number of nitrogens with one attached hydrogen (secondary N) is 2. The Hall–Kier alpha value is -1.81. The average Bonchev–Trinajstić information content (AvgIpc) is 2.49. The van der Waals surface area contributed by atoms with Crippen molar-refractivity contribution >= 4 is 27.6 Å². The Morgan fingerprint density at radius 2 is 1.71 bits per heavy atom. The van der Waals surface area contributed by atoms with Gasteiger partial charge in [0.1, 0.15) is 0 Å². The third kappa shape index (κ3) is 4.60. The molecule has 3 nitrogen and oxygen atoms in total. The third-order valence-corrected chi connectivity index (χ3v) is 3.87. The Balaban J connectivity index is 1.93. The predicted octanol–water partition coefficient (Wildman–Crippen LogP) is 4.89. The van der Waals surface area contributed by atoms with E-state index in [1.807, 2.05) is 31.2 Å². The molecule has 4 heteroatoms. The van der Waals surface area contributed by atoms with Crippen molar-refractivity contribution in [2.24, 2.45) is 0 Å². The van der Waals surface area contributed by atoms with E-state index in [4.69, 9.17) is 0 Å². The van der Waals surface area contributed by atoms with Crippen molar-refractivity contribution < 1.29 is 4.79 Å². The van der Waals surface area contributed by atoms with Gasteiger partial charge in [-0.1, -0.05) is 47.1 Å². The molecule has 21 heavy (non-hydrogen) atoms. The van der Waals surface area contributed by atoms with Gasteiger partial charge in [-0.15, -0.1) is 0 Å². The number of carbonyl (C=O) groups is 1. The molecule has 2 aromatic carbocycles. The Morgan fingerprint density at radius 3 is 2.29 bits per heavy atom. The molecule has 0 aliphatic rings. The largest absolute Gasteiger partial charge is 0.331 e. The molecule has 0 bridgehead atoms. The molecule has 0 radical (unpaired) electrons. The van der Waals surface area contributed by atoms with E-state index >= 15 is 0 Å². The monoisotopic (exact) mass is 346 g/mol. The van der Waals surface area contributed by atoms with Crippen LogP contribution in [0.3, 0.4) is 0 Å². The summed E-state index contributed by atoms with van der Waals surface area (Å²) in [7, 11) is 0. The van der Waals surface area contributed by atoms with Gasteiger partial charge in [0.2, 0.25) is 0 Å². The van der Waals surface area contributed by atoms with E-state index in [0.717, 1.165) is 22.1 Å². The first kappa shape index (κ1) is 15.6. The van der Waals surface area contributed by atoms with Gasteiger partial charge >= 0.3 is 6.03 Å². The maximum absolute atomic E-state index is 12.0. The number of benzene rings is 2. The summed E-state index contributed by atoms with van der Waals surface area (Å²) in [6.07, 6.45) is 1.02. The molecule has 0 saturated carbocycles. The quantitative estimate of drug-likeness (QED) is 0.812. The molecule has 2 amide bonds. The third-order valence-electron chi connectivity index (χ3n) is 3.34. The maximum atomic E-state index is 12.0. The van der Waals surface area contributed by atoms with Crippen LogP contribution in [0.5, 0.6) is 0 Å². The van der Waals surface area contributed by atoms with Crippen LogP contribution < -0.4 is 10.6 Å². The standard InChI is InChI=1S/C17H19BrN2O/c1-3-13-4-6-14(7-5-13)12(2)19-17(21)20-16-10-8-15(18)9-11-16/h4-12H,3H2,1-2H3,(H2,19,20,21). The summed E-state index contributed by atoms with van der Waals surface area (Å²) in [4.78, 5) is 12.0. The summed E-state index contributed by atoms with van der Waals surface area (Å²) in [5, 5.41) is 5.76. The van der Waals surface area contributed by atoms with Gasteiger partial charge in [-0.05, 0) is 48.7 Å². The smallest absolute Gasteiger partial charge is 0.319 e. The van der Waals surface area contributed by atoms with E-state index in [0.29, 0.717) is 0 Å². The molecular formula is C17H19BrN2O. The zero-order chi connectivity index (χ0) is 15.2. The highest BCUT2D eigenvalue weighted by atomic mass is 79.9. The molecule has 2 N–H and O–H groups in total. The number of hydrogen-bond acceptors (Lipinski definition) is 1. The van der Waals surface area contributed by atoms with Gasteiger partial charge in [-0.3, -0.25) is 0 Å². The Kier molecular flexibility index (Phi) is 5.39. The molecule has 110 valence electrons. The molecule has 0 aliphatic carbocycles. The molecule has 1 unspecified atom stereocenters. The van der Waals surface area contributed by atoms with Crippen LogP contribution in [0.1, 0.15) is 31.0 Å². The Morgan fingerprint density at radius 1 is 1.10 bits per heavy atom. The van der Waals surface area contributed by atoms with Crippen molar-refractivity contribution in [3.63, 3.8) is 0 Å². The van der Waals surface area contributed by atoms with Gasteiger partial charge < -0.3 is 10.6 Å². The van der Waals surface area contributed by atoms with Gasteiger partial charge in [0.25, 0.3) is 0 Å². The van der Waals surface area contributed by atoms with E-state index in [-0.39, 0.29) is 12.1 Å². The lowest BCUT2D eigenvalue weighted by molar-refractivity contribution is 0.249. The topological polar surface area (TPSA) is 41.1 Å². The van der Waals surface area contributed by atoms with Crippen molar-refractivity contribution in [2.45, 2.75) is 26.3 Å². The summed E-state index contributed by atoms with van der Waals surface area (Å²) in [6.45, 7) is 4.10. The van der Waals surface area contributed by atoms with Crippen LogP contribution in [-0.4, -0.2) is 6.03 Å². The number of hydrogen-bond donors (Lipinski definition) is 2. The van der Waals surface area contributed by atoms with Crippen LogP contribution in [-0.2, 0) is 6.42 Å². The number of amides is 2. The second-order valence-electron chi connectivity index (χ2n) is 4.92. The summed E-state index contributed by atoms with van der Waals surface area (Å²) < 4.78 is 0.984. The Labute approximate surface area is 133 Å². The number of anilines is 1. The van der Waals surface area contributed by atoms with Crippen molar-refractivity contribution in [2.75, 3.05) is 5.32 Å². The van der Waals surface area contributed by atoms with Gasteiger partial charge in [0.15, 0.2) is 0 Å². The molecule has 0 saturated heterocycles. The molecule has 2 aromatic rings. The molecular weight excluding hydrogens is 328 g/mol. The van der Waals surface area contributed by atoms with Gasteiger partial charge in [0.05, 0.1) is 6.04 Å². The predicted molar refractivity (Wildman–Crippen MR) is 90.5 cm³/mol. The minimum atomic E-state index is -0.204. The molecule has 2 rings (SSSR count). The zero-order valence-corrected chi connectivity index (χ0v) is 13.8. The van der Waals surface area contributed by atoms with E-state index < -0.39 is 0 Å². The summed E-state index contributed by atoms with van der Waals surface area (Å²) in [5.41, 5.74) is 3.16. The number of urea groups is 1. The lowest BCUT2D eigenvalue weighted by Crippen LogP contribution is -2.31. The highest BCUT2D eigenvalue weighted by Crippen LogP contribution is 2.16. The Bertz CT molecular complexity index is 593. The minimum absolute atomic E-state index is 0.0358.